The summed E-state index contributed by atoms with van der Waals surface area (Å²) >= 11 is 6.21. The number of hydrogen-bond donors (Lipinski definition) is 1. The Morgan fingerprint density at radius 2 is 2.04 bits per heavy atom. The molecule has 4 rings (SSSR count). The average molecular weight is 373 g/mol. The number of ether oxygens (including phenoxy) is 1. The lowest BCUT2D eigenvalue weighted by Gasteiger charge is -2.39. The van der Waals surface area contributed by atoms with Gasteiger partial charge in [-0.3, -0.25) is 9.69 Å². The van der Waals surface area contributed by atoms with Gasteiger partial charge in [0.2, 0.25) is 0 Å². The maximum atomic E-state index is 11.8. The van der Waals surface area contributed by atoms with Gasteiger partial charge in [-0.15, -0.1) is 0 Å². The van der Waals surface area contributed by atoms with Crippen molar-refractivity contribution in [2.75, 3.05) is 13.1 Å². The lowest BCUT2D eigenvalue weighted by molar-refractivity contribution is -0.148. The summed E-state index contributed by atoms with van der Waals surface area (Å²) in [5.41, 5.74) is 8.03. The number of benzene rings is 1. The molecule has 2 aromatic rings. The number of nitrogens with two attached hydrogens (primary N) is 1. The average Bonchev–Trinajstić information content (AvgIpc) is 2.93. The van der Waals surface area contributed by atoms with Crippen molar-refractivity contribution in [2.45, 2.75) is 38.0 Å². The third kappa shape index (κ3) is 3.09. The first-order chi connectivity index (χ1) is 12.5. The van der Waals surface area contributed by atoms with Crippen molar-refractivity contribution in [2.24, 2.45) is 5.73 Å². The van der Waals surface area contributed by atoms with Crippen LogP contribution in [0, 0.1) is 6.92 Å². The van der Waals surface area contributed by atoms with E-state index in [2.05, 4.69) is 14.9 Å². The zero-order chi connectivity index (χ0) is 18.3. The maximum Gasteiger partial charge on any atom is 0.251 e. The first-order valence-electron chi connectivity index (χ1n) is 8.74. The predicted octanol–water partition coefficient (Wildman–Crippen LogP) is 2.49. The Morgan fingerprint density at radius 3 is 2.69 bits per heavy atom. The van der Waals surface area contributed by atoms with Gasteiger partial charge in [-0.25, -0.2) is 9.97 Å². The molecule has 0 aliphatic carbocycles. The summed E-state index contributed by atoms with van der Waals surface area (Å²) in [6.07, 6.45) is 4.63. The summed E-state index contributed by atoms with van der Waals surface area (Å²) in [5, 5.41) is 0.649. The topological polar surface area (TPSA) is 81.3 Å². The van der Waals surface area contributed by atoms with Crippen LogP contribution in [0.15, 0.2) is 30.6 Å². The minimum atomic E-state index is -0.695. The largest absolute Gasteiger partial charge is 0.367 e. The number of hydrogen-bond acceptors (Lipinski definition) is 5. The summed E-state index contributed by atoms with van der Waals surface area (Å²) in [4.78, 5) is 22.7. The molecule has 2 aliphatic rings. The molecule has 1 saturated heterocycles. The minimum absolute atomic E-state index is 0.454. The molecule has 2 N–H and O–H groups in total. The van der Waals surface area contributed by atoms with E-state index in [-0.39, 0.29) is 0 Å². The van der Waals surface area contributed by atoms with Crippen molar-refractivity contribution < 1.29 is 9.53 Å². The number of likely N-dealkylation sites (tertiary alicyclic amines) is 1. The third-order valence-corrected chi connectivity index (χ3v) is 5.53. The fraction of sp³-hybridized carbons (Fsp3) is 0.421. The fourth-order valence-corrected chi connectivity index (χ4v) is 4.11. The molecule has 3 heterocycles. The van der Waals surface area contributed by atoms with Crippen molar-refractivity contribution >= 4 is 17.5 Å². The molecule has 0 radical (unpaired) electrons. The highest BCUT2D eigenvalue weighted by molar-refractivity contribution is 6.30. The second-order valence-electron chi connectivity index (χ2n) is 7.04. The molecule has 1 aromatic heterocycles. The fourth-order valence-electron chi connectivity index (χ4n) is 3.93. The summed E-state index contributed by atoms with van der Waals surface area (Å²) in [7, 11) is 0. The number of carbonyl (C=O) groups excluding carboxylic acids is 1. The summed E-state index contributed by atoms with van der Waals surface area (Å²) in [6.45, 7) is 4.39. The van der Waals surface area contributed by atoms with Crippen LogP contribution in [-0.4, -0.2) is 33.9 Å². The molecule has 1 spiro atoms. The highest BCUT2D eigenvalue weighted by atomic mass is 35.5. The molecule has 7 heteroatoms. The van der Waals surface area contributed by atoms with E-state index < -0.39 is 17.6 Å². The van der Waals surface area contributed by atoms with Crippen molar-refractivity contribution in [3.8, 4) is 0 Å². The van der Waals surface area contributed by atoms with E-state index in [4.69, 9.17) is 22.1 Å². The van der Waals surface area contributed by atoms with Crippen molar-refractivity contribution in [1.82, 2.24) is 14.9 Å². The number of fused-ring (bicyclic) bond motifs is 2. The van der Waals surface area contributed by atoms with Gasteiger partial charge >= 0.3 is 0 Å². The van der Waals surface area contributed by atoms with Crippen molar-refractivity contribution in [3.63, 3.8) is 0 Å². The number of aryl methyl sites for hydroxylation is 1. The van der Waals surface area contributed by atoms with Crippen molar-refractivity contribution in [1.29, 1.82) is 0 Å². The van der Waals surface area contributed by atoms with E-state index in [9.17, 15) is 4.79 Å². The molecule has 1 fully saturated rings. The number of primary amides is 1. The Bertz CT molecular complexity index is 832. The molecule has 2 aliphatic heterocycles. The van der Waals surface area contributed by atoms with Gasteiger partial charge in [0.1, 0.15) is 5.82 Å². The lowest BCUT2D eigenvalue weighted by atomic mass is 9.83. The Labute approximate surface area is 157 Å². The smallest absolute Gasteiger partial charge is 0.251 e. The van der Waals surface area contributed by atoms with E-state index in [1.54, 1.807) is 6.07 Å². The predicted molar refractivity (Wildman–Crippen MR) is 97.4 cm³/mol. The number of nitrogens with zero attached hydrogens (tertiary/aromatic N) is 3. The Hall–Kier alpha value is -2.02. The van der Waals surface area contributed by atoms with Crippen LogP contribution in [0.3, 0.4) is 0 Å². The van der Waals surface area contributed by atoms with Gasteiger partial charge in [0.25, 0.3) is 5.91 Å². The Kier molecular flexibility index (Phi) is 4.42. The second-order valence-corrected chi connectivity index (χ2v) is 7.48. The van der Waals surface area contributed by atoms with Gasteiger partial charge in [0.05, 0.1) is 5.60 Å². The molecular formula is C19H21ClN4O2. The SMILES string of the molecule is Cc1ncc(CN2CCC3(CC2)OC(C(N)=O)c2ccc(Cl)cc23)cn1. The van der Waals surface area contributed by atoms with Crippen LogP contribution < -0.4 is 5.73 Å². The minimum Gasteiger partial charge on any atom is -0.367 e. The molecule has 6 nitrogen and oxygen atoms in total. The molecule has 0 bridgehead atoms. The third-order valence-electron chi connectivity index (χ3n) is 5.29. The van der Waals surface area contributed by atoms with Crippen LogP contribution in [0.2, 0.25) is 5.02 Å². The monoisotopic (exact) mass is 372 g/mol. The molecular weight excluding hydrogens is 352 g/mol. The van der Waals surface area contributed by atoms with Gasteiger partial charge in [0, 0.05) is 42.6 Å². The normalized spacial score (nSPS) is 21.7. The zero-order valence-corrected chi connectivity index (χ0v) is 15.4. The van der Waals surface area contributed by atoms with Crippen LogP contribution in [0.4, 0.5) is 0 Å². The molecule has 1 aromatic carbocycles. The quantitative estimate of drug-likeness (QED) is 0.895. The van der Waals surface area contributed by atoms with E-state index in [0.717, 1.165) is 55.0 Å². The number of amides is 1. The molecule has 0 saturated carbocycles. The van der Waals surface area contributed by atoms with E-state index in [1.165, 1.54) is 0 Å². The second kappa shape index (κ2) is 6.61. The zero-order valence-electron chi connectivity index (χ0n) is 14.6. The van der Waals surface area contributed by atoms with Crippen LogP contribution in [0.1, 0.15) is 41.5 Å². The van der Waals surface area contributed by atoms with Crippen molar-refractivity contribution in [3.05, 3.63) is 58.1 Å². The maximum absolute atomic E-state index is 11.8. The summed E-state index contributed by atoms with van der Waals surface area (Å²) < 4.78 is 6.21. The number of carbonyl (C=O) groups is 1. The summed E-state index contributed by atoms with van der Waals surface area (Å²) in [5.74, 6) is 0.321. The molecule has 1 atom stereocenters. The Morgan fingerprint density at radius 1 is 1.35 bits per heavy atom. The van der Waals surface area contributed by atoms with Gasteiger partial charge in [-0.2, -0.15) is 0 Å². The molecule has 1 unspecified atom stereocenters. The van der Waals surface area contributed by atoms with Crippen LogP contribution in [-0.2, 0) is 21.7 Å². The van der Waals surface area contributed by atoms with Gasteiger partial charge in [-0.1, -0.05) is 17.7 Å². The van der Waals surface area contributed by atoms with E-state index in [0.29, 0.717) is 5.02 Å². The standard InChI is InChI=1S/C19H21ClN4O2/c1-12-22-9-13(10-23-12)11-24-6-4-19(5-7-24)16-8-14(20)2-3-15(16)17(26-19)18(21)25/h2-3,8-10,17H,4-7,11H2,1H3,(H2,21,25). The van der Waals surface area contributed by atoms with Gasteiger partial charge < -0.3 is 10.5 Å². The van der Waals surface area contributed by atoms with E-state index in [1.807, 2.05) is 31.5 Å². The number of rotatable bonds is 3. The number of halogens is 1. The van der Waals surface area contributed by atoms with Gasteiger partial charge in [-0.05, 0) is 43.0 Å². The van der Waals surface area contributed by atoms with Crippen LogP contribution in [0.25, 0.3) is 0 Å². The number of aromatic nitrogens is 2. The molecule has 1 amide bonds. The van der Waals surface area contributed by atoms with Gasteiger partial charge in [0.15, 0.2) is 6.10 Å². The first-order valence-corrected chi connectivity index (χ1v) is 9.12. The Balaban J connectivity index is 1.52. The molecule has 26 heavy (non-hydrogen) atoms. The lowest BCUT2D eigenvalue weighted by Crippen LogP contribution is -2.42. The summed E-state index contributed by atoms with van der Waals surface area (Å²) in [6, 6.07) is 5.56. The van der Waals surface area contributed by atoms with Crippen LogP contribution in [0.5, 0.6) is 0 Å². The molecule has 136 valence electrons. The number of piperidine rings is 1. The highest BCUT2D eigenvalue weighted by Gasteiger charge is 2.48. The van der Waals surface area contributed by atoms with E-state index >= 15 is 0 Å². The first kappa shape index (κ1) is 17.4. The highest BCUT2D eigenvalue weighted by Crippen LogP contribution is 2.50. The van der Waals surface area contributed by atoms with Crippen LogP contribution >= 0.6 is 11.6 Å².